The van der Waals surface area contributed by atoms with Gasteiger partial charge in [-0.1, -0.05) is 40.7 Å². The normalized spacial score (nSPS) is 13.5. The first-order chi connectivity index (χ1) is 8.49. The number of aliphatic carboxylic acids is 1. The third-order valence-electron chi connectivity index (χ3n) is 2.67. The number of carboxylic acids is 1. The number of amides is 1. The van der Waals surface area contributed by atoms with E-state index in [0.717, 1.165) is 0 Å². The maximum absolute atomic E-state index is 11.6. The number of rotatable bonds is 6. The summed E-state index contributed by atoms with van der Waals surface area (Å²) in [4.78, 5) is 22.7. The Balaban J connectivity index is 4.45. The SMILES string of the molecule is C=CCC(C)(C)COC(=O)N[C@H](C(=O)O)C(C)(C)C. The second-order valence-electron chi connectivity index (χ2n) is 6.51. The summed E-state index contributed by atoms with van der Waals surface area (Å²) in [7, 11) is 0. The van der Waals surface area contributed by atoms with Gasteiger partial charge in [-0.15, -0.1) is 6.58 Å². The number of carbonyl (C=O) groups excluding carboxylic acids is 1. The van der Waals surface area contributed by atoms with Crippen LogP contribution in [-0.2, 0) is 9.53 Å². The van der Waals surface area contributed by atoms with E-state index in [1.165, 1.54) is 0 Å². The van der Waals surface area contributed by atoms with E-state index in [9.17, 15) is 9.59 Å². The average molecular weight is 271 g/mol. The highest BCUT2D eigenvalue weighted by molar-refractivity contribution is 5.80. The Morgan fingerprint density at radius 3 is 2.21 bits per heavy atom. The number of hydrogen-bond acceptors (Lipinski definition) is 3. The van der Waals surface area contributed by atoms with Crippen molar-refractivity contribution in [1.82, 2.24) is 5.32 Å². The molecule has 0 radical (unpaired) electrons. The molecule has 1 atom stereocenters. The zero-order valence-corrected chi connectivity index (χ0v) is 12.4. The van der Waals surface area contributed by atoms with Crippen LogP contribution in [0.3, 0.4) is 0 Å². The molecule has 0 aliphatic heterocycles. The molecule has 0 saturated carbocycles. The maximum Gasteiger partial charge on any atom is 0.407 e. The van der Waals surface area contributed by atoms with Crippen molar-refractivity contribution < 1.29 is 19.4 Å². The third-order valence-corrected chi connectivity index (χ3v) is 2.67. The molecule has 0 spiro atoms. The number of ether oxygens (including phenoxy) is 1. The summed E-state index contributed by atoms with van der Waals surface area (Å²) in [5, 5.41) is 11.5. The van der Waals surface area contributed by atoms with E-state index in [1.54, 1.807) is 26.8 Å². The fraction of sp³-hybridized carbons (Fsp3) is 0.714. The average Bonchev–Trinajstić information content (AvgIpc) is 2.21. The molecule has 0 unspecified atom stereocenters. The summed E-state index contributed by atoms with van der Waals surface area (Å²) in [6, 6.07) is -0.984. The van der Waals surface area contributed by atoms with E-state index in [1.807, 2.05) is 13.8 Å². The van der Waals surface area contributed by atoms with Crippen LogP contribution in [0.5, 0.6) is 0 Å². The van der Waals surface area contributed by atoms with Crippen LogP contribution in [0, 0.1) is 10.8 Å². The van der Waals surface area contributed by atoms with Gasteiger partial charge in [0.15, 0.2) is 0 Å². The van der Waals surface area contributed by atoms with Gasteiger partial charge in [-0.25, -0.2) is 9.59 Å². The molecular weight excluding hydrogens is 246 g/mol. The van der Waals surface area contributed by atoms with E-state index in [4.69, 9.17) is 9.84 Å². The quantitative estimate of drug-likeness (QED) is 0.728. The number of allylic oxidation sites excluding steroid dienone is 1. The molecule has 0 saturated heterocycles. The van der Waals surface area contributed by atoms with Crippen molar-refractivity contribution in [3.63, 3.8) is 0 Å². The molecule has 0 heterocycles. The fourth-order valence-corrected chi connectivity index (χ4v) is 1.52. The van der Waals surface area contributed by atoms with Crippen LogP contribution >= 0.6 is 0 Å². The van der Waals surface area contributed by atoms with Crippen LogP contribution < -0.4 is 5.32 Å². The van der Waals surface area contributed by atoms with Crippen LogP contribution in [0.25, 0.3) is 0 Å². The highest BCUT2D eigenvalue weighted by Crippen LogP contribution is 2.22. The number of hydrogen-bond donors (Lipinski definition) is 2. The third kappa shape index (κ3) is 6.84. The predicted molar refractivity (Wildman–Crippen MR) is 74.0 cm³/mol. The summed E-state index contributed by atoms with van der Waals surface area (Å²) in [6.07, 6.45) is 1.76. The van der Waals surface area contributed by atoms with Gasteiger partial charge in [-0.3, -0.25) is 0 Å². The van der Waals surface area contributed by atoms with E-state index >= 15 is 0 Å². The lowest BCUT2D eigenvalue weighted by Gasteiger charge is -2.28. The lowest BCUT2D eigenvalue weighted by molar-refractivity contribution is -0.142. The predicted octanol–water partition coefficient (Wildman–Crippen LogP) is 2.81. The van der Waals surface area contributed by atoms with Gasteiger partial charge in [0.05, 0.1) is 6.61 Å². The largest absolute Gasteiger partial charge is 0.480 e. The van der Waals surface area contributed by atoms with Gasteiger partial charge in [-0.2, -0.15) is 0 Å². The number of carboxylic acid groups (broad SMARTS) is 1. The summed E-state index contributed by atoms with van der Waals surface area (Å²) < 4.78 is 5.07. The number of nitrogens with one attached hydrogen (secondary N) is 1. The fourth-order valence-electron chi connectivity index (χ4n) is 1.52. The molecule has 110 valence electrons. The van der Waals surface area contributed by atoms with Crippen molar-refractivity contribution in [2.75, 3.05) is 6.61 Å². The molecule has 0 aromatic carbocycles. The van der Waals surface area contributed by atoms with Gasteiger partial charge < -0.3 is 15.2 Å². The van der Waals surface area contributed by atoms with E-state index in [0.29, 0.717) is 6.42 Å². The van der Waals surface area contributed by atoms with Gasteiger partial charge in [0.2, 0.25) is 0 Å². The molecule has 5 heteroatoms. The minimum Gasteiger partial charge on any atom is -0.480 e. The monoisotopic (exact) mass is 271 g/mol. The molecule has 0 bridgehead atoms. The Kier molecular flexibility index (Phi) is 6.06. The number of carbonyl (C=O) groups is 2. The van der Waals surface area contributed by atoms with Crippen molar-refractivity contribution >= 4 is 12.1 Å². The van der Waals surface area contributed by atoms with E-state index < -0.39 is 23.5 Å². The molecule has 0 rings (SSSR count). The second kappa shape index (κ2) is 6.59. The topological polar surface area (TPSA) is 75.6 Å². The molecule has 19 heavy (non-hydrogen) atoms. The van der Waals surface area contributed by atoms with Crippen molar-refractivity contribution in [3.05, 3.63) is 12.7 Å². The molecule has 0 aromatic heterocycles. The molecule has 2 N–H and O–H groups in total. The van der Waals surface area contributed by atoms with Gasteiger partial charge in [-0.05, 0) is 11.8 Å². The highest BCUT2D eigenvalue weighted by atomic mass is 16.5. The van der Waals surface area contributed by atoms with E-state index in [-0.39, 0.29) is 12.0 Å². The zero-order valence-electron chi connectivity index (χ0n) is 12.4. The minimum atomic E-state index is -1.07. The lowest BCUT2D eigenvalue weighted by Crippen LogP contribution is -2.49. The van der Waals surface area contributed by atoms with Crippen LogP contribution in [0.2, 0.25) is 0 Å². The highest BCUT2D eigenvalue weighted by Gasteiger charge is 2.33. The van der Waals surface area contributed by atoms with Crippen LogP contribution in [0.15, 0.2) is 12.7 Å². The Bertz CT molecular complexity index is 342. The Morgan fingerprint density at radius 2 is 1.84 bits per heavy atom. The Morgan fingerprint density at radius 1 is 1.32 bits per heavy atom. The van der Waals surface area contributed by atoms with Gasteiger partial charge >= 0.3 is 12.1 Å². The molecule has 0 aromatic rings. The van der Waals surface area contributed by atoms with Crippen molar-refractivity contribution in [2.24, 2.45) is 10.8 Å². The molecule has 1 amide bonds. The maximum atomic E-state index is 11.6. The Hall–Kier alpha value is -1.52. The zero-order chi connectivity index (χ0) is 15.3. The van der Waals surface area contributed by atoms with E-state index in [2.05, 4.69) is 11.9 Å². The Labute approximate surface area is 115 Å². The van der Waals surface area contributed by atoms with Crippen molar-refractivity contribution in [3.8, 4) is 0 Å². The van der Waals surface area contributed by atoms with Gasteiger partial charge in [0, 0.05) is 5.41 Å². The minimum absolute atomic E-state index is 0.209. The summed E-state index contributed by atoms with van der Waals surface area (Å²) in [5.74, 6) is -1.07. The first-order valence-corrected chi connectivity index (χ1v) is 6.26. The first-order valence-electron chi connectivity index (χ1n) is 6.26. The molecule has 5 nitrogen and oxygen atoms in total. The van der Waals surface area contributed by atoms with Crippen LogP contribution in [0.1, 0.15) is 41.0 Å². The standard InChI is InChI=1S/C14H25NO4/c1-7-8-14(5,6)9-19-12(18)15-10(11(16)17)13(2,3)4/h7,10H,1,8-9H2,2-6H3,(H,15,18)(H,16,17)/t10-/m1/s1. The molecule has 0 aliphatic carbocycles. The lowest BCUT2D eigenvalue weighted by atomic mass is 9.87. The van der Waals surface area contributed by atoms with Crippen LogP contribution in [-0.4, -0.2) is 29.8 Å². The first kappa shape index (κ1) is 17.5. The number of alkyl carbamates (subject to hydrolysis) is 1. The molecular formula is C14H25NO4. The molecule has 0 fully saturated rings. The summed E-state index contributed by atoms with van der Waals surface area (Å²) in [6.45, 7) is 13.0. The van der Waals surface area contributed by atoms with Crippen LogP contribution in [0.4, 0.5) is 4.79 Å². The van der Waals surface area contributed by atoms with Gasteiger partial charge in [0.25, 0.3) is 0 Å². The second-order valence-corrected chi connectivity index (χ2v) is 6.51. The van der Waals surface area contributed by atoms with Gasteiger partial charge in [0.1, 0.15) is 6.04 Å². The smallest absolute Gasteiger partial charge is 0.407 e. The summed E-state index contributed by atoms with van der Waals surface area (Å²) >= 11 is 0. The van der Waals surface area contributed by atoms with Crippen molar-refractivity contribution in [2.45, 2.75) is 47.1 Å². The summed E-state index contributed by atoms with van der Waals surface area (Å²) in [5.41, 5.74) is -0.791. The van der Waals surface area contributed by atoms with Crippen molar-refractivity contribution in [1.29, 1.82) is 0 Å². The molecule has 0 aliphatic rings.